The lowest BCUT2D eigenvalue weighted by Crippen LogP contribution is -2.15. The predicted molar refractivity (Wildman–Crippen MR) is 114 cm³/mol. The van der Waals surface area contributed by atoms with Crippen molar-refractivity contribution in [3.63, 3.8) is 0 Å². The zero-order chi connectivity index (χ0) is 20.8. The minimum Gasteiger partial charge on any atom is -0.326 e. The zero-order valence-corrected chi connectivity index (χ0v) is 16.2. The molecule has 0 aromatic heterocycles. The van der Waals surface area contributed by atoms with Crippen molar-refractivity contribution >= 4 is 34.8 Å². The summed E-state index contributed by atoms with van der Waals surface area (Å²) in [5.41, 5.74) is 3.50. The quantitative estimate of drug-likeness (QED) is 0.604. The lowest BCUT2D eigenvalue weighted by molar-refractivity contribution is -0.114. The SMILES string of the molecule is CC(=O)Nc1cccc(NC(=O)c2ccc(C)c(NC(=O)c3ccccc3)c2)c1. The monoisotopic (exact) mass is 387 g/mol. The molecule has 29 heavy (non-hydrogen) atoms. The highest BCUT2D eigenvalue weighted by Gasteiger charge is 2.12. The molecule has 0 bridgehead atoms. The van der Waals surface area contributed by atoms with E-state index in [1.165, 1.54) is 6.92 Å². The van der Waals surface area contributed by atoms with Gasteiger partial charge in [-0.05, 0) is 55.0 Å². The van der Waals surface area contributed by atoms with Gasteiger partial charge in [-0.1, -0.05) is 30.3 Å². The number of nitrogens with one attached hydrogen (secondary N) is 3. The summed E-state index contributed by atoms with van der Waals surface area (Å²) in [5.74, 6) is -0.750. The molecule has 0 radical (unpaired) electrons. The van der Waals surface area contributed by atoms with E-state index >= 15 is 0 Å². The number of rotatable bonds is 5. The minimum atomic E-state index is -0.319. The molecule has 3 N–H and O–H groups in total. The Morgan fingerprint density at radius 2 is 1.31 bits per heavy atom. The molecule has 0 saturated carbocycles. The van der Waals surface area contributed by atoms with Gasteiger partial charge in [0.1, 0.15) is 0 Å². The summed E-state index contributed by atoms with van der Waals surface area (Å²) in [5, 5.41) is 8.32. The Kier molecular flexibility index (Phi) is 6.04. The molecular weight excluding hydrogens is 366 g/mol. The molecule has 3 amide bonds. The fourth-order valence-electron chi connectivity index (χ4n) is 2.76. The number of amides is 3. The summed E-state index contributed by atoms with van der Waals surface area (Å²) in [6, 6.07) is 20.9. The van der Waals surface area contributed by atoms with E-state index in [4.69, 9.17) is 0 Å². The van der Waals surface area contributed by atoms with Crippen LogP contribution in [0.15, 0.2) is 72.8 Å². The number of hydrogen-bond acceptors (Lipinski definition) is 3. The van der Waals surface area contributed by atoms with Crippen LogP contribution in [0.5, 0.6) is 0 Å². The molecule has 0 atom stereocenters. The number of hydrogen-bond donors (Lipinski definition) is 3. The Balaban J connectivity index is 1.76. The molecule has 3 rings (SSSR count). The van der Waals surface area contributed by atoms with E-state index in [-0.39, 0.29) is 17.7 Å². The van der Waals surface area contributed by atoms with Crippen LogP contribution < -0.4 is 16.0 Å². The van der Waals surface area contributed by atoms with Gasteiger partial charge in [-0.15, -0.1) is 0 Å². The van der Waals surface area contributed by atoms with Crippen molar-refractivity contribution < 1.29 is 14.4 Å². The van der Waals surface area contributed by atoms with Gasteiger partial charge >= 0.3 is 0 Å². The third-order valence-electron chi connectivity index (χ3n) is 4.22. The molecule has 0 saturated heterocycles. The van der Waals surface area contributed by atoms with Gasteiger partial charge < -0.3 is 16.0 Å². The van der Waals surface area contributed by atoms with Crippen LogP contribution in [0, 0.1) is 6.92 Å². The lowest BCUT2D eigenvalue weighted by Gasteiger charge is -2.12. The van der Waals surface area contributed by atoms with Gasteiger partial charge in [0.25, 0.3) is 11.8 Å². The third-order valence-corrected chi connectivity index (χ3v) is 4.22. The minimum absolute atomic E-state index is 0.189. The van der Waals surface area contributed by atoms with Crippen LogP contribution in [0.2, 0.25) is 0 Å². The van der Waals surface area contributed by atoms with Gasteiger partial charge in [-0.2, -0.15) is 0 Å². The van der Waals surface area contributed by atoms with Crippen LogP contribution in [-0.2, 0) is 4.79 Å². The first kappa shape index (κ1) is 19.8. The molecule has 0 heterocycles. The third kappa shape index (κ3) is 5.29. The summed E-state index contributed by atoms with van der Waals surface area (Å²) in [7, 11) is 0. The molecule has 146 valence electrons. The first-order chi connectivity index (χ1) is 13.9. The summed E-state index contributed by atoms with van der Waals surface area (Å²) in [6.45, 7) is 3.28. The summed E-state index contributed by atoms with van der Waals surface area (Å²) in [6.07, 6.45) is 0. The largest absolute Gasteiger partial charge is 0.326 e. The van der Waals surface area contributed by atoms with E-state index in [9.17, 15) is 14.4 Å². The van der Waals surface area contributed by atoms with Gasteiger partial charge in [-0.3, -0.25) is 14.4 Å². The Morgan fingerprint density at radius 3 is 2.00 bits per heavy atom. The normalized spacial score (nSPS) is 10.1. The van der Waals surface area contributed by atoms with Crippen LogP contribution >= 0.6 is 0 Å². The number of carbonyl (C=O) groups excluding carboxylic acids is 3. The van der Waals surface area contributed by atoms with Crippen molar-refractivity contribution in [3.05, 3.63) is 89.5 Å². The number of benzene rings is 3. The van der Waals surface area contributed by atoms with Crippen molar-refractivity contribution in [2.45, 2.75) is 13.8 Å². The number of carbonyl (C=O) groups is 3. The topological polar surface area (TPSA) is 87.3 Å². The maximum absolute atomic E-state index is 12.7. The highest BCUT2D eigenvalue weighted by Crippen LogP contribution is 2.20. The highest BCUT2D eigenvalue weighted by atomic mass is 16.2. The second kappa shape index (κ2) is 8.84. The summed E-state index contributed by atoms with van der Waals surface area (Å²) >= 11 is 0. The molecule has 0 fully saturated rings. The van der Waals surface area contributed by atoms with Gasteiger partial charge in [0.05, 0.1) is 0 Å². The van der Waals surface area contributed by atoms with Crippen LogP contribution in [0.1, 0.15) is 33.2 Å². The van der Waals surface area contributed by atoms with Crippen molar-refractivity contribution in [2.24, 2.45) is 0 Å². The van der Waals surface area contributed by atoms with E-state index in [1.807, 2.05) is 13.0 Å². The molecule has 0 aliphatic rings. The molecule has 6 nitrogen and oxygen atoms in total. The highest BCUT2D eigenvalue weighted by molar-refractivity contribution is 6.08. The fraction of sp³-hybridized carbons (Fsp3) is 0.0870. The number of aryl methyl sites for hydroxylation is 1. The van der Waals surface area contributed by atoms with E-state index in [2.05, 4.69) is 16.0 Å². The molecule has 0 aliphatic carbocycles. The summed E-state index contributed by atoms with van der Waals surface area (Å²) < 4.78 is 0. The van der Waals surface area contributed by atoms with Crippen LogP contribution in [0.3, 0.4) is 0 Å². The molecule has 0 unspecified atom stereocenters. The second-order valence-electron chi connectivity index (χ2n) is 6.57. The molecule has 0 spiro atoms. The Bertz CT molecular complexity index is 1060. The maximum atomic E-state index is 12.7. The number of anilines is 3. The Hall–Kier alpha value is -3.93. The smallest absolute Gasteiger partial charge is 0.255 e. The molecule has 0 aliphatic heterocycles. The van der Waals surface area contributed by atoms with Gasteiger partial charge in [-0.25, -0.2) is 0 Å². The van der Waals surface area contributed by atoms with Crippen molar-refractivity contribution in [3.8, 4) is 0 Å². The molecule has 3 aromatic carbocycles. The lowest BCUT2D eigenvalue weighted by atomic mass is 10.1. The van der Waals surface area contributed by atoms with Crippen molar-refractivity contribution in [1.82, 2.24) is 0 Å². The van der Waals surface area contributed by atoms with Gasteiger partial charge in [0, 0.05) is 35.1 Å². The van der Waals surface area contributed by atoms with E-state index < -0.39 is 0 Å². The zero-order valence-electron chi connectivity index (χ0n) is 16.2. The standard InChI is InChI=1S/C23H21N3O3/c1-15-11-12-18(13-21(15)26-22(28)17-7-4-3-5-8-17)23(29)25-20-10-6-9-19(14-20)24-16(2)27/h3-14H,1-2H3,(H,24,27)(H,25,29)(H,26,28). The second-order valence-corrected chi connectivity index (χ2v) is 6.57. The van der Waals surface area contributed by atoms with E-state index in [0.717, 1.165) is 5.56 Å². The molecular formula is C23H21N3O3. The summed E-state index contributed by atoms with van der Waals surface area (Å²) in [4.78, 5) is 36.3. The Labute approximate surface area is 169 Å². The van der Waals surface area contributed by atoms with Crippen molar-refractivity contribution in [2.75, 3.05) is 16.0 Å². The first-order valence-corrected chi connectivity index (χ1v) is 9.08. The molecule has 6 heteroatoms. The van der Waals surface area contributed by atoms with Crippen molar-refractivity contribution in [1.29, 1.82) is 0 Å². The van der Waals surface area contributed by atoms with Crippen LogP contribution in [0.4, 0.5) is 17.1 Å². The average Bonchev–Trinajstić information content (AvgIpc) is 2.70. The fourth-order valence-corrected chi connectivity index (χ4v) is 2.76. The van der Waals surface area contributed by atoms with Gasteiger partial charge in [0.15, 0.2) is 0 Å². The van der Waals surface area contributed by atoms with Crippen LogP contribution in [0.25, 0.3) is 0 Å². The van der Waals surface area contributed by atoms with Gasteiger partial charge in [0.2, 0.25) is 5.91 Å². The molecule has 3 aromatic rings. The predicted octanol–water partition coefficient (Wildman–Crippen LogP) is 4.46. The van der Waals surface area contributed by atoms with E-state index in [1.54, 1.807) is 66.7 Å². The average molecular weight is 387 g/mol. The van der Waals surface area contributed by atoms with E-state index in [0.29, 0.717) is 28.2 Å². The Morgan fingerprint density at radius 1 is 0.655 bits per heavy atom. The van der Waals surface area contributed by atoms with Crippen LogP contribution in [-0.4, -0.2) is 17.7 Å². The first-order valence-electron chi connectivity index (χ1n) is 9.08. The maximum Gasteiger partial charge on any atom is 0.255 e.